The maximum absolute atomic E-state index is 12.0. The van der Waals surface area contributed by atoms with Crippen molar-refractivity contribution in [3.05, 3.63) is 34.9 Å². The minimum absolute atomic E-state index is 0.0609. The van der Waals surface area contributed by atoms with Gasteiger partial charge in [0, 0.05) is 17.6 Å². The lowest BCUT2D eigenvalue weighted by atomic mass is 10.0. The second kappa shape index (κ2) is 6.89. The fourth-order valence-electron chi connectivity index (χ4n) is 2.21. The van der Waals surface area contributed by atoms with Crippen molar-refractivity contribution in [2.75, 3.05) is 26.8 Å². The third-order valence-corrected chi connectivity index (χ3v) is 3.67. The van der Waals surface area contributed by atoms with Crippen LogP contribution in [0, 0.1) is 5.92 Å². The Morgan fingerprint density at radius 1 is 1.37 bits per heavy atom. The van der Waals surface area contributed by atoms with Gasteiger partial charge in [0.05, 0.1) is 19.1 Å². The van der Waals surface area contributed by atoms with Crippen LogP contribution in [0.4, 0.5) is 0 Å². The third-order valence-electron chi connectivity index (χ3n) is 3.41. The standard InChI is InChI=1S/C14H19ClN2O2/c1-16-13-9-19-8-12(13)14(18)17-7-6-10-2-4-11(15)5-3-10/h2-5,12-13,16H,6-9H2,1H3,(H,17,18). The normalized spacial score (nSPS) is 22.4. The Morgan fingerprint density at radius 3 is 2.79 bits per heavy atom. The van der Waals surface area contributed by atoms with E-state index in [2.05, 4.69) is 10.6 Å². The predicted molar refractivity (Wildman–Crippen MR) is 75.3 cm³/mol. The summed E-state index contributed by atoms with van der Waals surface area (Å²) in [5, 5.41) is 6.80. The van der Waals surface area contributed by atoms with Crippen LogP contribution in [-0.4, -0.2) is 38.8 Å². The average molecular weight is 283 g/mol. The topological polar surface area (TPSA) is 50.4 Å². The van der Waals surface area contributed by atoms with Gasteiger partial charge in [0.1, 0.15) is 0 Å². The monoisotopic (exact) mass is 282 g/mol. The Hall–Kier alpha value is -1.10. The molecule has 0 radical (unpaired) electrons. The second-order valence-corrected chi connectivity index (χ2v) is 5.14. The molecule has 104 valence electrons. The molecule has 2 N–H and O–H groups in total. The van der Waals surface area contributed by atoms with E-state index in [9.17, 15) is 4.79 Å². The van der Waals surface area contributed by atoms with E-state index < -0.39 is 0 Å². The molecule has 2 atom stereocenters. The SMILES string of the molecule is CNC1COCC1C(=O)NCCc1ccc(Cl)cc1. The average Bonchev–Trinajstić information content (AvgIpc) is 2.89. The molecule has 5 heteroatoms. The summed E-state index contributed by atoms with van der Waals surface area (Å²) in [5.74, 6) is -0.0268. The zero-order chi connectivity index (χ0) is 13.7. The number of hydrogen-bond donors (Lipinski definition) is 2. The minimum Gasteiger partial charge on any atom is -0.379 e. The Kier molecular flexibility index (Phi) is 5.19. The first-order chi connectivity index (χ1) is 9.20. The molecular formula is C14H19ClN2O2. The molecule has 1 aromatic carbocycles. The van der Waals surface area contributed by atoms with Crippen molar-refractivity contribution < 1.29 is 9.53 Å². The molecule has 0 spiro atoms. The van der Waals surface area contributed by atoms with E-state index in [0.29, 0.717) is 19.8 Å². The number of carbonyl (C=O) groups excluding carboxylic acids is 1. The molecule has 4 nitrogen and oxygen atoms in total. The number of rotatable bonds is 5. The fourth-order valence-corrected chi connectivity index (χ4v) is 2.34. The lowest BCUT2D eigenvalue weighted by Gasteiger charge is -2.16. The van der Waals surface area contributed by atoms with Crippen LogP contribution in [0.5, 0.6) is 0 Å². The summed E-state index contributed by atoms with van der Waals surface area (Å²) in [7, 11) is 1.85. The number of nitrogens with one attached hydrogen (secondary N) is 2. The van der Waals surface area contributed by atoms with Gasteiger partial charge in [-0.05, 0) is 31.2 Å². The summed E-state index contributed by atoms with van der Waals surface area (Å²) in [6.45, 7) is 1.73. The molecule has 1 amide bonds. The van der Waals surface area contributed by atoms with E-state index in [1.54, 1.807) is 0 Å². The van der Waals surface area contributed by atoms with E-state index in [0.717, 1.165) is 17.0 Å². The third kappa shape index (κ3) is 3.93. The number of carbonyl (C=O) groups is 1. The zero-order valence-electron chi connectivity index (χ0n) is 11.0. The molecule has 2 unspecified atom stereocenters. The fraction of sp³-hybridized carbons (Fsp3) is 0.500. The zero-order valence-corrected chi connectivity index (χ0v) is 11.7. The van der Waals surface area contributed by atoms with E-state index in [4.69, 9.17) is 16.3 Å². The summed E-state index contributed by atoms with van der Waals surface area (Å²) in [4.78, 5) is 12.0. The van der Waals surface area contributed by atoms with E-state index in [1.165, 1.54) is 0 Å². The summed E-state index contributed by atoms with van der Waals surface area (Å²) in [6, 6.07) is 7.80. The number of benzene rings is 1. The number of ether oxygens (including phenoxy) is 1. The quantitative estimate of drug-likeness (QED) is 0.854. The van der Waals surface area contributed by atoms with E-state index >= 15 is 0 Å². The highest BCUT2D eigenvalue weighted by Gasteiger charge is 2.32. The molecule has 1 aliphatic rings. The smallest absolute Gasteiger partial charge is 0.227 e. The Balaban J connectivity index is 1.76. The molecule has 0 saturated carbocycles. The van der Waals surface area contributed by atoms with Crippen molar-refractivity contribution in [1.82, 2.24) is 10.6 Å². The summed E-state index contributed by atoms with van der Waals surface area (Å²) in [6.07, 6.45) is 0.806. The van der Waals surface area contributed by atoms with Gasteiger partial charge < -0.3 is 15.4 Å². The van der Waals surface area contributed by atoms with Crippen molar-refractivity contribution >= 4 is 17.5 Å². The first-order valence-electron chi connectivity index (χ1n) is 6.48. The van der Waals surface area contributed by atoms with Crippen molar-refractivity contribution in [3.8, 4) is 0 Å². The van der Waals surface area contributed by atoms with Gasteiger partial charge in [-0.3, -0.25) is 4.79 Å². The van der Waals surface area contributed by atoms with Gasteiger partial charge in [-0.2, -0.15) is 0 Å². The minimum atomic E-state index is -0.0878. The van der Waals surface area contributed by atoms with Crippen LogP contribution < -0.4 is 10.6 Å². The number of halogens is 1. The number of hydrogen-bond acceptors (Lipinski definition) is 3. The Morgan fingerprint density at radius 2 is 2.11 bits per heavy atom. The summed E-state index contributed by atoms with van der Waals surface area (Å²) in [5.41, 5.74) is 1.16. The molecule has 1 fully saturated rings. The maximum Gasteiger partial charge on any atom is 0.227 e. The molecule has 1 aliphatic heterocycles. The molecular weight excluding hydrogens is 264 g/mol. The van der Waals surface area contributed by atoms with Crippen LogP contribution in [0.3, 0.4) is 0 Å². The first kappa shape index (κ1) is 14.3. The van der Waals surface area contributed by atoms with Crippen molar-refractivity contribution in [3.63, 3.8) is 0 Å². The highest BCUT2D eigenvalue weighted by Crippen LogP contribution is 2.13. The van der Waals surface area contributed by atoms with Crippen molar-refractivity contribution in [2.24, 2.45) is 5.92 Å². The van der Waals surface area contributed by atoms with Crippen LogP contribution >= 0.6 is 11.6 Å². The van der Waals surface area contributed by atoms with Crippen LogP contribution in [0.15, 0.2) is 24.3 Å². The van der Waals surface area contributed by atoms with Crippen LogP contribution in [-0.2, 0) is 16.0 Å². The lowest BCUT2D eigenvalue weighted by molar-refractivity contribution is -0.125. The first-order valence-corrected chi connectivity index (χ1v) is 6.85. The highest BCUT2D eigenvalue weighted by atomic mass is 35.5. The van der Waals surface area contributed by atoms with E-state index in [1.807, 2.05) is 31.3 Å². The van der Waals surface area contributed by atoms with Gasteiger partial charge in [0.25, 0.3) is 0 Å². The maximum atomic E-state index is 12.0. The molecule has 1 heterocycles. The number of amides is 1. The second-order valence-electron chi connectivity index (χ2n) is 4.71. The van der Waals surface area contributed by atoms with Crippen molar-refractivity contribution in [1.29, 1.82) is 0 Å². The number of likely N-dealkylation sites (N-methyl/N-ethyl adjacent to an activating group) is 1. The van der Waals surface area contributed by atoms with Gasteiger partial charge in [-0.25, -0.2) is 0 Å². The van der Waals surface area contributed by atoms with Crippen LogP contribution in [0.25, 0.3) is 0 Å². The Labute approximate surface area is 118 Å². The van der Waals surface area contributed by atoms with Gasteiger partial charge >= 0.3 is 0 Å². The molecule has 0 aliphatic carbocycles. The van der Waals surface area contributed by atoms with Gasteiger partial charge in [-0.15, -0.1) is 0 Å². The molecule has 1 aromatic rings. The summed E-state index contributed by atoms with van der Waals surface area (Å²) < 4.78 is 5.32. The molecule has 0 bridgehead atoms. The van der Waals surface area contributed by atoms with Crippen LogP contribution in [0.1, 0.15) is 5.56 Å². The Bertz CT molecular complexity index is 422. The summed E-state index contributed by atoms with van der Waals surface area (Å²) >= 11 is 5.82. The van der Waals surface area contributed by atoms with Crippen molar-refractivity contribution in [2.45, 2.75) is 12.5 Å². The molecule has 0 aromatic heterocycles. The largest absolute Gasteiger partial charge is 0.379 e. The van der Waals surface area contributed by atoms with Crippen LogP contribution in [0.2, 0.25) is 5.02 Å². The predicted octanol–water partition coefficient (Wildman–Crippen LogP) is 1.23. The van der Waals surface area contributed by atoms with Gasteiger partial charge in [0.15, 0.2) is 0 Å². The molecule has 2 rings (SSSR count). The van der Waals surface area contributed by atoms with Gasteiger partial charge in [-0.1, -0.05) is 23.7 Å². The molecule has 1 saturated heterocycles. The van der Waals surface area contributed by atoms with Gasteiger partial charge in [0.2, 0.25) is 5.91 Å². The highest BCUT2D eigenvalue weighted by molar-refractivity contribution is 6.30. The lowest BCUT2D eigenvalue weighted by Crippen LogP contribution is -2.43. The van der Waals surface area contributed by atoms with E-state index in [-0.39, 0.29) is 17.9 Å². The molecule has 19 heavy (non-hydrogen) atoms.